The first-order valence-electron chi connectivity index (χ1n) is 8.93. The summed E-state index contributed by atoms with van der Waals surface area (Å²) in [6, 6.07) is 8.09. The fraction of sp³-hybridized carbons (Fsp3) is 0.500. The summed E-state index contributed by atoms with van der Waals surface area (Å²) in [6.45, 7) is 15.2. The predicted octanol–water partition coefficient (Wildman–Crippen LogP) is 4.38. The smallest absolute Gasteiger partial charge is 0.174 e. The van der Waals surface area contributed by atoms with Crippen LogP contribution in [-0.4, -0.2) is 10.2 Å². The van der Waals surface area contributed by atoms with Crippen molar-refractivity contribution >= 4 is 0 Å². The van der Waals surface area contributed by atoms with Crippen molar-refractivity contribution in [2.24, 2.45) is 0 Å². The Labute approximate surface area is 152 Å². The van der Waals surface area contributed by atoms with Gasteiger partial charge in [0.1, 0.15) is 5.75 Å². The summed E-state index contributed by atoms with van der Waals surface area (Å²) in [7, 11) is 0. The number of aliphatic hydroxyl groups excluding tert-OH is 1. The molecule has 2 N–H and O–H groups in total. The molecule has 1 heterocycles. The summed E-state index contributed by atoms with van der Waals surface area (Å²) in [6.07, 6.45) is 3.50. The lowest BCUT2D eigenvalue weighted by molar-refractivity contribution is -0.688. The number of nitrogens with zero attached hydrogens (tertiary/aromatic N) is 1. The van der Waals surface area contributed by atoms with Crippen LogP contribution in [0.3, 0.4) is 0 Å². The Morgan fingerprint density at radius 1 is 1.00 bits per heavy atom. The van der Waals surface area contributed by atoms with Gasteiger partial charge in [-0.05, 0) is 36.0 Å². The number of aromatic hydroxyl groups is 1. The molecule has 0 saturated carbocycles. The Hall–Kier alpha value is -1.87. The second-order valence-electron chi connectivity index (χ2n) is 9.03. The summed E-state index contributed by atoms with van der Waals surface area (Å²) in [5, 5.41) is 20.6. The maximum Gasteiger partial charge on any atom is 0.174 e. The van der Waals surface area contributed by atoms with Gasteiger partial charge >= 0.3 is 0 Å². The number of aliphatic hydroxyl groups is 1. The molecule has 0 spiro atoms. The van der Waals surface area contributed by atoms with Crippen LogP contribution in [0.25, 0.3) is 0 Å². The highest BCUT2D eigenvalue weighted by Gasteiger charge is 2.27. The van der Waals surface area contributed by atoms with Gasteiger partial charge in [0.2, 0.25) is 0 Å². The summed E-state index contributed by atoms with van der Waals surface area (Å²) in [5.74, 6) is 0.409. The highest BCUT2D eigenvalue weighted by Crippen LogP contribution is 2.39. The summed E-state index contributed by atoms with van der Waals surface area (Å²) >= 11 is 0. The number of phenolic OH excluding ortho intramolecular Hbond substituents is 1. The maximum atomic E-state index is 10.8. The van der Waals surface area contributed by atoms with Crippen LogP contribution < -0.4 is 4.57 Å². The van der Waals surface area contributed by atoms with Crippen molar-refractivity contribution in [2.75, 3.05) is 0 Å². The van der Waals surface area contributed by atoms with Crippen LogP contribution in [-0.2, 0) is 17.4 Å². The van der Waals surface area contributed by atoms with Crippen molar-refractivity contribution in [3.8, 4) is 5.75 Å². The van der Waals surface area contributed by atoms with Gasteiger partial charge in [-0.15, -0.1) is 0 Å². The zero-order chi connectivity index (χ0) is 19.0. The molecule has 136 valence electrons. The van der Waals surface area contributed by atoms with E-state index < -0.39 is 6.10 Å². The van der Waals surface area contributed by atoms with Crippen LogP contribution in [0.5, 0.6) is 5.75 Å². The monoisotopic (exact) mass is 342 g/mol. The van der Waals surface area contributed by atoms with E-state index in [4.69, 9.17) is 0 Å². The van der Waals surface area contributed by atoms with E-state index in [-0.39, 0.29) is 10.8 Å². The molecule has 25 heavy (non-hydrogen) atoms. The van der Waals surface area contributed by atoms with E-state index in [9.17, 15) is 10.2 Å². The molecule has 1 aromatic carbocycles. The third kappa shape index (κ3) is 4.60. The van der Waals surface area contributed by atoms with Crippen molar-refractivity contribution in [1.29, 1.82) is 0 Å². The SMILES string of the molecule is CC(O)c1ccc[n+](Cc2cc(C(C)(C)C)c(O)c(C(C)(C)C)c2)c1. The number of phenols is 1. The molecule has 0 radical (unpaired) electrons. The lowest BCUT2D eigenvalue weighted by atomic mass is 9.78. The lowest BCUT2D eigenvalue weighted by Gasteiger charge is -2.27. The van der Waals surface area contributed by atoms with Crippen molar-refractivity contribution in [3.63, 3.8) is 0 Å². The van der Waals surface area contributed by atoms with Gasteiger partial charge in [0.15, 0.2) is 18.9 Å². The van der Waals surface area contributed by atoms with Gasteiger partial charge in [0.05, 0.1) is 6.10 Å². The Morgan fingerprint density at radius 3 is 1.96 bits per heavy atom. The molecule has 0 fully saturated rings. The second kappa shape index (κ2) is 6.80. The number of hydrogen-bond donors (Lipinski definition) is 2. The van der Waals surface area contributed by atoms with Gasteiger partial charge in [-0.1, -0.05) is 41.5 Å². The number of pyridine rings is 1. The van der Waals surface area contributed by atoms with E-state index in [0.29, 0.717) is 12.3 Å². The molecular formula is C22H32NO2+. The molecule has 0 aliphatic carbocycles. The van der Waals surface area contributed by atoms with Crippen molar-refractivity contribution in [1.82, 2.24) is 0 Å². The third-order valence-corrected chi connectivity index (χ3v) is 4.51. The predicted molar refractivity (Wildman–Crippen MR) is 102 cm³/mol. The van der Waals surface area contributed by atoms with Crippen LogP contribution in [0, 0.1) is 0 Å². The molecule has 0 bridgehead atoms. The van der Waals surface area contributed by atoms with E-state index in [1.807, 2.05) is 24.5 Å². The number of aromatic nitrogens is 1. The molecule has 1 atom stereocenters. The van der Waals surface area contributed by atoms with Gasteiger partial charge in [-0.25, -0.2) is 4.57 Å². The minimum absolute atomic E-state index is 0.133. The summed E-state index contributed by atoms with van der Waals surface area (Å²) in [5.41, 5.74) is 3.73. The average Bonchev–Trinajstić information content (AvgIpc) is 2.46. The molecule has 0 saturated heterocycles. The Morgan fingerprint density at radius 2 is 1.52 bits per heavy atom. The fourth-order valence-corrected chi connectivity index (χ4v) is 3.03. The summed E-state index contributed by atoms with van der Waals surface area (Å²) in [4.78, 5) is 0. The van der Waals surface area contributed by atoms with Crippen molar-refractivity contribution < 1.29 is 14.8 Å². The highest BCUT2D eigenvalue weighted by atomic mass is 16.3. The molecule has 3 heteroatoms. The van der Waals surface area contributed by atoms with Crippen LogP contribution >= 0.6 is 0 Å². The zero-order valence-electron chi connectivity index (χ0n) is 16.6. The zero-order valence-corrected chi connectivity index (χ0v) is 16.6. The van der Waals surface area contributed by atoms with E-state index in [0.717, 1.165) is 22.3 Å². The van der Waals surface area contributed by atoms with Gasteiger partial charge < -0.3 is 10.2 Å². The van der Waals surface area contributed by atoms with Crippen LogP contribution in [0.1, 0.15) is 76.8 Å². The number of hydrogen-bond acceptors (Lipinski definition) is 2. The van der Waals surface area contributed by atoms with E-state index >= 15 is 0 Å². The van der Waals surface area contributed by atoms with E-state index in [1.165, 1.54) is 0 Å². The second-order valence-corrected chi connectivity index (χ2v) is 9.03. The Balaban J connectivity index is 2.53. The van der Waals surface area contributed by atoms with Gasteiger partial charge in [0.25, 0.3) is 0 Å². The Kier molecular flexibility index (Phi) is 5.29. The largest absolute Gasteiger partial charge is 0.507 e. The lowest BCUT2D eigenvalue weighted by Crippen LogP contribution is -2.34. The fourth-order valence-electron chi connectivity index (χ4n) is 3.03. The number of benzene rings is 1. The van der Waals surface area contributed by atoms with Gasteiger partial charge in [0, 0.05) is 28.3 Å². The van der Waals surface area contributed by atoms with Crippen LogP contribution in [0.15, 0.2) is 36.7 Å². The van der Waals surface area contributed by atoms with E-state index in [2.05, 4.69) is 58.2 Å². The normalized spacial score (nSPS) is 13.8. The first-order valence-corrected chi connectivity index (χ1v) is 8.93. The standard InChI is InChI=1S/C22H31NO2/c1-15(24)17-9-8-10-23(14-17)13-16-11-18(21(2,3)4)20(25)19(12-16)22(5,6)7/h8-12,14-15,24H,13H2,1-7H3/p+1. The van der Waals surface area contributed by atoms with Gasteiger partial charge in [-0.2, -0.15) is 0 Å². The summed E-state index contributed by atoms with van der Waals surface area (Å²) < 4.78 is 2.08. The molecule has 1 aromatic heterocycles. The van der Waals surface area contributed by atoms with E-state index in [1.54, 1.807) is 6.92 Å². The molecule has 3 nitrogen and oxygen atoms in total. The van der Waals surface area contributed by atoms with Gasteiger partial charge in [-0.3, -0.25) is 0 Å². The first kappa shape index (κ1) is 19.5. The van der Waals surface area contributed by atoms with Crippen molar-refractivity contribution in [2.45, 2.75) is 71.9 Å². The van der Waals surface area contributed by atoms with Crippen LogP contribution in [0.4, 0.5) is 0 Å². The Bertz CT molecular complexity index is 714. The topological polar surface area (TPSA) is 44.3 Å². The molecule has 0 aliphatic rings. The molecule has 2 aromatic rings. The molecule has 2 rings (SSSR count). The van der Waals surface area contributed by atoms with Crippen LogP contribution in [0.2, 0.25) is 0 Å². The quantitative estimate of drug-likeness (QED) is 0.813. The first-order chi connectivity index (χ1) is 11.4. The highest BCUT2D eigenvalue weighted by molar-refractivity contribution is 5.49. The molecule has 0 aliphatic heterocycles. The molecule has 0 amide bonds. The third-order valence-electron chi connectivity index (χ3n) is 4.51. The maximum absolute atomic E-state index is 10.8. The average molecular weight is 343 g/mol. The van der Waals surface area contributed by atoms with Crippen molar-refractivity contribution in [3.05, 3.63) is 58.9 Å². The number of rotatable bonds is 3. The molecule has 1 unspecified atom stereocenters. The minimum atomic E-state index is -0.484. The minimum Gasteiger partial charge on any atom is -0.507 e. The molecular weight excluding hydrogens is 310 g/mol.